The summed E-state index contributed by atoms with van der Waals surface area (Å²) in [5.41, 5.74) is -0.111. The molecule has 0 aliphatic carbocycles. The van der Waals surface area contributed by atoms with Crippen molar-refractivity contribution in [3.63, 3.8) is 0 Å². The Morgan fingerprint density at radius 3 is 2.72 bits per heavy atom. The lowest BCUT2D eigenvalue weighted by atomic mass is 10.2. The van der Waals surface area contributed by atoms with Crippen LogP contribution in [0.4, 0.5) is 14.9 Å². The number of hydrogen-bond acceptors (Lipinski definition) is 2. The number of carbonyl (C=O) groups is 2. The lowest BCUT2D eigenvalue weighted by Gasteiger charge is -2.13. The lowest BCUT2D eigenvalue weighted by Crippen LogP contribution is -2.42. The molecule has 0 unspecified atom stereocenters. The van der Waals surface area contributed by atoms with Gasteiger partial charge < -0.3 is 15.7 Å². The van der Waals surface area contributed by atoms with E-state index in [1.807, 2.05) is 0 Å². The molecular weight excluding hydrogens is 263 g/mol. The first-order valence-electron chi connectivity index (χ1n) is 5.20. The van der Waals surface area contributed by atoms with Crippen molar-refractivity contribution in [2.75, 3.05) is 5.32 Å². The van der Waals surface area contributed by atoms with E-state index in [9.17, 15) is 14.0 Å². The number of urea groups is 1. The Kier molecular flexibility index (Phi) is 4.91. The van der Waals surface area contributed by atoms with Crippen LogP contribution in [0.3, 0.4) is 0 Å². The van der Waals surface area contributed by atoms with Gasteiger partial charge in [-0.05, 0) is 18.6 Å². The molecule has 0 saturated heterocycles. The first-order chi connectivity index (χ1) is 8.45. The molecule has 5 nitrogen and oxygen atoms in total. The van der Waals surface area contributed by atoms with Gasteiger partial charge in [0.1, 0.15) is 6.04 Å². The van der Waals surface area contributed by atoms with Crippen LogP contribution in [0, 0.1) is 5.82 Å². The predicted octanol–water partition coefficient (Wildman–Crippen LogP) is 2.46. The van der Waals surface area contributed by atoms with Gasteiger partial charge in [-0.15, -0.1) is 0 Å². The summed E-state index contributed by atoms with van der Waals surface area (Å²) in [6, 6.07) is 2.31. The van der Waals surface area contributed by atoms with Crippen LogP contribution in [-0.2, 0) is 4.79 Å². The minimum absolute atomic E-state index is 0.111. The van der Waals surface area contributed by atoms with Crippen molar-refractivity contribution < 1.29 is 19.1 Å². The van der Waals surface area contributed by atoms with Gasteiger partial charge in [-0.2, -0.15) is 0 Å². The van der Waals surface area contributed by atoms with E-state index in [1.165, 1.54) is 18.2 Å². The maximum atomic E-state index is 13.4. The largest absolute Gasteiger partial charge is 0.480 e. The maximum absolute atomic E-state index is 13.4. The number of anilines is 1. The molecule has 3 N–H and O–H groups in total. The Morgan fingerprint density at radius 1 is 1.50 bits per heavy atom. The molecule has 0 radical (unpaired) electrons. The smallest absolute Gasteiger partial charge is 0.326 e. The van der Waals surface area contributed by atoms with E-state index < -0.39 is 23.9 Å². The number of carbonyl (C=O) groups excluding carboxylic acids is 1. The van der Waals surface area contributed by atoms with Crippen LogP contribution >= 0.6 is 11.6 Å². The molecule has 0 spiro atoms. The van der Waals surface area contributed by atoms with E-state index in [0.29, 0.717) is 0 Å². The first-order valence-corrected chi connectivity index (χ1v) is 5.57. The Balaban J connectivity index is 2.70. The Hall–Kier alpha value is -1.82. The highest BCUT2D eigenvalue weighted by Gasteiger charge is 2.18. The number of rotatable bonds is 4. The van der Waals surface area contributed by atoms with Crippen molar-refractivity contribution >= 4 is 29.3 Å². The van der Waals surface area contributed by atoms with Crippen molar-refractivity contribution in [1.82, 2.24) is 5.32 Å². The molecule has 0 saturated carbocycles. The number of nitrogens with one attached hydrogen (secondary N) is 2. The normalized spacial score (nSPS) is 11.7. The number of amides is 2. The van der Waals surface area contributed by atoms with Crippen molar-refractivity contribution in [1.29, 1.82) is 0 Å². The zero-order valence-electron chi connectivity index (χ0n) is 9.54. The monoisotopic (exact) mass is 274 g/mol. The van der Waals surface area contributed by atoms with Crippen LogP contribution < -0.4 is 10.6 Å². The summed E-state index contributed by atoms with van der Waals surface area (Å²) in [6.07, 6.45) is 0.223. The number of carboxylic acid groups (broad SMARTS) is 1. The van der Waals surface area contributed by atoms with Gasteiger partial charge in [0.15, 0.2) is 5.82 Å². The molecule has 7 heteroatoms. The molecule has 0 heterocycles. The van der Waals surface area contributed by atoms with Gasteiger partial charge in [0, 0.05) is 0 Å². The number of halogens is 2. The van der Waals surface area contributed by atoms with Crippen molar-refractivity contribution in [3.8, 4) is 0 Å². The van der Waals surface area contributed by atoms with Crippen molar-refractivity contribution in [3.05, 3.63) is 29.0 Å². The summed E-state index contributed by atoms with van der Waals surface area (Å²) < 4.78 is 13.4. The van der Waals surface area contributed by atoms with Crippen molar-refractivity contribution in [2.45, 2.75) is 19.4 Å². The average molecular weight is 275 g/mol. The molecule has 98 valence electrons. The third-order valence-corrected chi connectivity index (χ3v) is 2.50. The second kappa shape index (κ2) is 6.20. The Bertz CT molecular complexity index is 468. The fourth-order valence-electron chi connectivity index (χ4n) is 1.26. The fourth-order valence-corrected chi connectivity index (χ4v) is 1.43. The van der Waals surface area contributed by atoms with Gasteiger partial charge in [0.2, 0.25) is 0 Å². The van der Waals surface area contributed by atoms with E-state index >= 15 is 0 Å². The predicted molar refractivity (Wildman–Crippen MR) is 65.3 cm³/mol. The van der Waals surface area contributed by atoms with E-state index in [1.54, 1.807) is 6.92 Å². The van der Waals surface area contributed by atoms with Crippen LogP contribution in [-0.4, -0.2) is 23.1 Å². The van der Waals surface area contributed by atoms with Crippen LogP contribution in [0.2, 0.25) is 5.02 Å². The van der Waals surface area contributed by atoms with Gasteiger partial charge in [-0.1, -0.05) is 24.6 Å². The zero-order valence-corrected chi connectivity index (χ0v) is 10.3. The van der Waals surface area contributed by atoms with Gasteiger partial charge >= 0.3 is 12.0 Å². The molecular formula is C11H12ClFN2O3. The maximum Gasteiger partial charge on any atom is 0.326 e. The van der Waals surface area contributed by atoms with E-state index in [4.69, 9.17) is 16.7 Å². The average Bonchev–Trinajstić information content (AvgIpc) is 2.31. The summed E-state index contributed by atoms with van der Waals surface area (Å²) >= 11 is 5.54. The lowest BCUT2D eigenvalue weighted by molar-refractivity contribution is -0.139. The van der Waals surface area contributed by atoms with Crippen LogP contribution in [0.1, 0.15) is 13.3 Å². The third-order valence-electron chi connectivity index (χ3n) is 2.21. The molecule has 1 rings (SSSR count). The van der Waals surface area contributed by atoms with Gasteiger partial charge in [-0.3, -0.25) is 0 Å². The minimum Gasteiger partial charge on any atom is -0.480 e. The third kappa shape index (κ3) is 3.59. The van der Waals surface area contributed by atoms with Gasteiger partial charge in [-0.25, -0.2) is 14.0 Å². The summed E-state index contributed by atoms with van der Waals surface area (Å²) in [6.45, 7) is 1.61. The van der Waals surface area contributed by atoms with Crippen LogP contribution in [0.25, 0.3) is 0 Å². The number of hydrogen-bond donors (Lipinski definition) is 3. The highest BCUT2D eigenvalue weighted by Crippen LogP contribution is 2.21. The summed E-state index contributed by atoms with van der Waals surface area (Å²) in [4.78, 5) is 22.2. The quantitative estimate of drug-likeness (QED) is 0.789. The highest BCUT2D eigenvalue weighted by atomic mass is 35.5. The zero-order chi connectivity index (χ0) is 13.7. The molecule has 1 aromatic rings. The second-order valence-electron chi connectivity index (χ2n) is 3.50. The molecule has 0 aliphatic heterocycles. The molecule has 18 heavy (non-hydrogen) atoms. The van der Waals surface area contributed by atoms with Gasteiger partial charge in [0.05, 0.1) is 10.7 Å². The fraction of sp³-hybridized carbons (Fsp3) is 0.273. The van der Waals surface area contributed by atoms with Crippen LogP contribution in [0.15, 0.2) is 18.2 Å². The van der Waals surface area contributed by atoms with E-state index in [2.05, 4.69) is 10.6 Å². The topological polar surface area (TPSA) is 78.4 Å². The Labute approximate surface area is 108 Å². The highest BCUT2D eigenvalue weighted by molar-refractivity contribution is 6.31. The molecule has 0 bridgehead atoms. The van der Waals surface area contributed by atoms with Crippen molar-refractivity contribution in [2.24, 2.45) is 0 Å². The van der Waals surface area contributed by atoms with Gasteiger partial charge in [0.25, 0.3) is 0 Å². The summed E-state index contributed by atoms with van der Waals surface area (Å²) in [5, 5.41) is 13.0. The number of carboxylic acids is 1. The molecule has 0 aromatic heterocycles. The van der Waals surface area contributed by atoms with E-state index in [0.717, 1.165) is 0 Å². The second-order valence-corrected chi connectivity index (χ2v) is 3.91. The standard InChI is InChI=1S/C11H12ClFN2O3/c1-2-7(10(16)17)14-11(18)15-8-5-3-4-6(12)9(8)13/h3-5,7H,2H2,1H3,(H,16,17)(H2,14,15,18)/t7-/m1/s1. The molecule has 1 aromatic carbocycles. The first kappa shape index (κ1) is 14.2. The molecule has 1 atom stereocenters. The number of aliphatic carboxylic acids is 1. The SMILES string of the molecule is CC[C@@H](NC(=O)Nc1cccc(Cl)c1F)C(=O)O. The minimum atomic E-state index is -1.15. The summed E-state index contributed by atoms with van der Waals surface area (Å²) in [5.74, 6) is -1.92. The Morgan fingerprint density at radius 2 is 2.17 bits per heavy atom. The van der Waals surface area contributed by atoms with Crippen LogP contribution in [0.5, 0.6) is 0 Å². The molecule has 0 fully saturated rings. The number of benzene rings is 1. The molecule has 2 amide bonds. The molecule has 0 aliphatic rings. The summed E-state index contributed by atoms with van der Waals surface area (Å²) in [7, 11) is 0. The van der Waals surface area contributed by atoms with E-state index in [-0.39, 0.29) is 17.1 Å².